The number of hydrogen-bond acceptors (Lipinski definition) is 8. The van der Waals surface area contributed by atoms with Gasteiger partial charge in [-0.25, -0.2) is 18.4 Å². The number of rotatable bonds is 5. The van der Waals surface area contributed by atoms with Crippen LogP contribution in [0.15, 0.2) is 47.6 Å². The molecule has 0 saturated carbocycles. The number of carbonyl (C=O) groups is 1. The first-order chi connectivity index (χ1) is 16.7. The standard InChI is InChI=1S/C23H21Cl2N5O3S2/c1-35(32,33)13-29-8-7-14-9-16(6-5-15(14)11-29)27-23-26-10-17-21(28-23)34-12-30(22(17)31)20-18(24)3-2-4-19(20)25/h2-6,9-10H,7-8,11-13H2,1H3,(H,26,27,28). The van der Waals surface area contributed by atoms with E-state index in [1.54, 1.807) is 18.2 Å². The van der Waals surface area contributed by atoms with Gasteiger partial charge in [-0.2, -0.15) is 0 Å². The fraction of sp³-hybridized carbons (Fsp3) is 0.261. The molecule has 3 aromatic rings. The Balaban J connectivity index is 1.32. The minimum Gasteiger partial charge on any atom is -0.324 e. The molecule has 0 unspecified atom stereocenters. The van der Waals surface area contributed by atoms with Crippen LogP contribution in [0.25, 0.3) is 0 Å². The van der Waals surface area contributed by atoms with Crippen LogP contribution in [0.3, 0.4) is 0 Å². The van der Waals surface area contributed by atoms with Crippen LogP contribution in [-0.2, 0) is 22.8 Å². The average molecular weight is 550 g/mol. The first kappa shape index (κ1) is 24.3. The molecule has 8 nitrogen and oxygen atoms in total. The highest BCUT2D eigenvalue weighted by molar-refractivity contribution is 7.99. The smallest absolute Gasteiger partial charge is 0.263 e. The minimum atomic E-state index is -3.06. The Bertz CT molecular complexity index is 1410. The van der Waals surface area contributed by atoms with Crippen LogP contribution in [0, 0.1) is 0 Å². The molecule has 182 valence electrons. The van der Waals surface area contributed by atoms with Gasteiger partial charge in [0.15, 0.2) is 9.84 Å². The van der Waals surface area contributed by atoms with Crippen molar-refractivity contribution >= 4 is 68.0 Å². The van der Waals surface area contributed by atoms with Gasteiger partial charge < -0.3 is 5.32 Å². The maximum absolute atomic E-state index is 13.1. The minimum absolute atomic E-state index is 0.0614. The third-order valence-corrected chi connectivity index (χ3v) is 8.15. The van der Waals surface area contributed by atoms with Crippen molar-refractivity contribution in [3.63, 3.8) is 0 Å². The summed E-state index contributed by atoms with van der Waals surface area (Å²) in [5, 5.41) is 4.61. The van der Waals surface area contributed by atoms with Crippen molar-refractivity contribution < 1.29 is 13.2 Å². The Morgan fingerprint density at radius 1 is 1.14 bits per heavy atom. The molecule has 0 radical (unpaired) electrons. The summed E-state index contributed by atoms with van der Waals surface area (Å²) in [5.74, 6) is 0.524. The molecule has 2 aliphatic heterocycles. The third-order valence-electron chi connectivity index (χ3n) is 5.74. The summed E-state index contributed by atoms with van der Waals surface area (Å²) in [6, 6.07) is 11.1. The number of carbonyl (C=O) groups excluding carboxylic acids is 1. The number of sulfone groups is 1. The summed E-state index contributed by atoms with van der Waals surface area (Å²) in [5.41, 5.74) is 3.97. The van der Waals surface area contributed by atoms with Crippen molar-refractivity contribution in [3.05, 3.63) is 69.3 Å². The van der Waals surface area contributed by atoms with Crippen LogP contribution in [-0.4, -0.2) is 53.7 Å². The van der Waals surface area contributed by atoms with E-state index in [0.717, 1.165) is 23.2 Å². The van der Waals surface area contributed by atoms with Crippen molar-refractivity contribution in [2.75, 3.05) is 34.8 Å². The lowest BCUT2D eigenvalue weighted by atomic mass is 9.99. The number of benzene rings is 2. The van der Waals surface area contributed by atoms with Gasteiger partial charge >= 0.3 is 0 Å². The zero-order valence-corrected chi connectivity index (χ0v) is 21.8. The molecule has 0 saturated heterocycles. The first-order valence-electron chi connectivity index (χ1n) is 10.7. The van der Waals surface area contributed by atoms with E-state index in [1.165, 1.54) is 29.1 Å². The van der Waals surface area contributed by atoms with Gasteiger partial charge in [0, 0.05) is 31.2 Å². The van der Waals surface area contributed by atoms with Crippen LogP contribution in [0.1, 0.15) is 21.5 Å². The van der Waals surface area contributed by atoms with Gasteiger partial charge in [-0.1, -0.05) is 47.1 Å². The maximum atomic E-state index is 13.1. The average Bonchev–Trinajstić information content (AvgIpc) is 2.79. The Labute approximate surface area is 217 Å². The summed E-state index contributed by atoms with van der Waals surface area (Å²) in [7, 11) is -3.06. The van der Waals surface area contributed by atoms with Gasteiger partial charge in [-0.05, 0) is 41.8 Å². The molecule has 2 aliphatic rings. The van der Waals surface area contributed by atoms with Crippen molar-refractivity contribution in [1.82, 2.24) is 14.9 Å². The van der Waals surface area contributed by atoms with Crippen LogP contribution < -0.4 is 10.2 Å². The van der Waals surface area contributed by atoms with E-state index in [1.807, 2.05) is 23.1 Å². The molecule has 0 aliphatic carbocycles. The Kier molecular flexibility index (Phi) is 6.67. The molecule has 0 fully saturated rings. The molecular formula is C23H21Cl2N5O3S2. The first-order valence-corrected chi connectivity index (χ1v) is 14.5. The van der Waals surface area contributed by atoms with Gasteiger partial charge in [-0.3, -0.25) is 14.6 Å². The fourth-order valence-electron chi connectivity index (χ4n) is 4.19. The normalized spacial score (nSPS) is 16.1. The number of para-hydroxylation sites is 1. The molecular weight excluding hydrogens is 529 g/mol. The molecule has 5 rings (SSSR count). The van der Waals surface area contributed by atoms with Gasteiger partial charge in [0.2, 0.25) is 5.95 Å². The Hall–Kier alpha value is -2.37. The number of fused-ring (bicyclic) bond motifs is 2. The number of nitrogens with one attached hydrogen (secondary N) is 1. The second-order valence-corrected chi connectivity index (χ2v) is 12.3. The number of hydrogen-bond donors (Lipinski definition) is 1. The lowest BCUT2D eigenvalue weighted by molar-refractivity contribution is 0.0985. The summed E-state index contributed by atoms with van der Waals surface area (Å²) in [6.07, 6.45) is 3.53. The summed E-state index contributed by atoms with van der Waals surface area (Å²) in [6.45, 7) is 1.28. The summed E-state index contributed by atoms with van der Waals surface area (Å²) in [4.78, 5) is 25.5. The van der Waals surface area contributed by atoms with Crippen LogP contribution in [0.5, 0.6) is 0 Å². The third kappa shape index (κ3) is 5.26. The maximum Gasteiger partial charge on any atom is 0.263 e. The van der Waals surface area contributed by atoms with Crippen molar-refractivity contribution in [3.8, 4) is 0 Å². The molecule has 2 aromatic carbocycles. The quantitative estimate of drug-likeness (QED) is 0.461. The largest absolute Gasteiger partial charge is 0.324 e. The molecule has 3 heterocycles. The van der Waals surface area contributed by atoms with E-state index >= 15 is 0 Å². The second-order valence-electron chi connectivity index (χ2n) is 8.46. The SMILES string of the molecule is CS(=O)(=O)CN1CCc2cc(Nc3ncc4c(n3)SCN(c3c(Cl)cccc3Cl)C4=O)ccc2C1. The molecule has 1 aromatic heterocycles. The monoisotopic (exact) mass is 549 g/mol. The van der Waals surface area contributed by atoms with Gasteiger partial charge in [0.05, 0.1) is 27.2 Å². The van der Waals surface area contributed by atoms with E-state index in [-0.39, 0.29) is 11.8 Å². The second kappa shape index (κ2) is 9.59. The Morgan fingerprint density at radius 2 is 1.91 bits per heavy atom. The van der Waals surface area contributed by atoms with E-state index in [4.69, 9.17) is 23.2 Å². The molecule has 0 spiro atoms. The molecule has 0 atom stereocenters. The van der Waals surface area contributed by atoms with E-state index < -0.39 is 9.84 Å². The van der Waals surface area contributed by atoms with E-state index in [0.29, 0.717) is 51.2 Å². The number of halogens is 2. The van der Waals surface area contributed by atoms with Gasteiger partial charge in [0.1, 0.15) is 10.9 Å². The fourth-order valence-corrected chi connectivity index (χ4v) is 6.62. The molecule has 1 N–H and O–H groups in total. The lowest BCUT2D eigenvalue weighted by Gasteiger charge is -2.29. The van der Waals surface area contributed by atoms with Crippen LogP contribution in [0.4, 0.5) is 17.3 Å². The van der Waals surface area contributed by atoms with Crippen molar-refractivity contribution in [1.29, 1.82) is 0 Å². The topological polar surface area (TPSA) is 95.5 Å². The highest BCUT2D eigenvalue weighted by Crippen LogP contribution is 2.39. The summed E-state index contributed by atoms with van der Waals surface area (Å²) >= 11 is 14.0. The number of thioether (sulfide) groups is 1. The molecule has 1 amide bonds. The predicted molar refractivity (Wildman–Crippen MR) is 140 cm³/mol. The van der Waals surface area contributed by atoms with E-state index in [2.05, 4.69) is 15.3 Å². The number of aromatic nitrogens is 2. The van der Waals surface area contributed by atoms with Crippen LogP contribution >= 0.6 is 35.0 Å². The number of anilines is 3. The summed E-state index contributed by atoms with van der Waals surface area (Å²) < 4.78 is 23.2. The van der Waals surface area contributed by atoms with Crippen molar-refractivity contribution in [2.45, 2.75) is 18.0 Å². The predicted octanol–water partition coefficient (Wildman–Crippen LogP) is 4.60. The highest BCUT2D eigenvalue weighted by Gasteiger charge is 2.30. The zero-order chi connectivity index (χ0) is 24.7. The zero-order valence-electron chi connectivity index (χ0n) is 18.7. The number of nitrogens with zero attached hydrogens (tertiary/aromatic N) is 4. The molecule has 35 heavy (non-hydrogen) atoms. The lowest BCUT2D eigenvalue weighted by Crippen LogP contribution is -2.35. The molecule has 12 heteroatoms. The van der Waals surface area contributed by atoms with Gasteiger partial charge in [0.25, 0.3) is 5.91 Å². The van der Waals surface area contributed by atoms with Gasteiger partial charge in [-0.15, -0.1) is 0 Å². The highest BCUT2D eigenvalue weighted by atomic mass is 35.5. The molecule has 0 bridgehead atoms. The van der Waals surface area contributed by atoms with Crippen LogP contribution in [0.2, 0.25) is 10.0 Å². The number of amides is 1. The Morgan fingerprint density at radius 3 is 2.66 bits per heavy atom. The van der Waals surface area contributed by atoms with Crippen molar-refractivity contribution in [2.24, 2.45) is 0 Å². The van der Waals surface area contributed by atoms with E-state index in [9.17, 15) is 13.2 Å².